The summed E-state index contributed by atoms with van der Waals surface area (Å²) in [5, 5.41) is 10.0. The first-order chi connectivity index (χ1) is 11.1. The zero-order valence-corrected chi connectivity index (χ0v) is 13.0. The Hall–Kier alpha value is -2.57. The molecule has 0 saturated carbocycles. The van der Waals surface area contributed by atoms with Crippen molar-refractivity contribution in [1.29, 1.82) is 0 Å². The summed E-state index contributed by atoms with van der Waals surface area (Å²) in [5.41, 5.74) is 2.47. The Balaban J connectivity index is 1.64. The minimum atomic E-state index is -0.132. The fourth-order valence-corrected chi connectivity index (χ4v) is 2.82. The lowest BCUT2D eigenvalue weighted by Gasteiger charge is -2.24. The number of aromatic nitrogens is 2. The van der Waals surface area contributed by atoms with Gasteiger partial charge in [0.1, 0.15) is 0 Å². The number of carbonyl (C=O) groups excluding carboxylic acids is 2. The fourth-order valence-electron chi connectivity index (χ4n) is 2.82. The molecule has 1 aliphatic heterocycles. The molecule has 0 unspecified atom stereocenters. The van der Waals surface area contributed by atoms with Crippen LogP contribution in [0.5, 0.6) is 0 Å². The van der Waals surface area contributed by atoms with Crippen molar-refractivity contribution >= 4 is 11.8 Å². The van der Waals surface area contributed by atoms with Crippen molar-refractivity contribution in [1.82, 2.24) is 20.4 Å². The van der Waals surface area contributed by atoms with Gasteiger partial charge in [0.2, 0.25) is 5.91 Å². The minimum Gasteiger partial charge on any atom is -0.472 e. The highest BCUT2D eigenvalue weighted by atomic mass is 16.3. The standard InChI is InChI=1S/C16H20N4O3/c1-11(21)17-7-12-2-4-20-15(6-12)14(9-19-20)16(22)18-8-13-3-5-23-10-13/h3,5,9-10,12H,2,4,6-8H2,1H3,(H,17,21)(H,18,22)/t12-/m0/s1. The Morgan fingerprint density at radius 1 is 1.43 bits per heavy atom. The van der Waals surface area contributed by atoms with Gasteiger partial charge in [0.15, 0.2) is 0 Å². The summed E-state index contributed by atoms with van der Waals surface area (Å²) in [6.45, 7) is 3.35. The smallest absolute Gasteiger partial charge is 0.255 e. The van der Waals surface area contributed by atoms with Crippen LogP contribution in [0.3, 0.4) is 0 Å². The molecule has 2 aromatic rings. The lowest BCUT2D eigenvalue weighted by Crippen LogP contribution is -2.33. The van der Waals surface area contributed by atoms with E-state index >= 15 is 0 Å². The van der Waals surface area contributed by atoms with Crippen LogP contribution in [0.15, 0.2) is 29.2 Å². The first-order valence-corrected chi connectivity index (χ1v) is 7.72. The van der Waals surface area contributed by atoms with Crippen LogP contribution in [-0.4, -0.2) is 28.1 Å². The van der Waals surface area contributed by atoms with Crippen LogP contribution in [0.4, 0.5) is 0 Å². The Morgan fingerprint density at radius 3 is 3.04 bits per heavy atom. The molecule has 7 nitrogen and oxygen atoms in total. The van der Waals surface area contributed by atoms with Gasteiger partial charge in [-0.25, -0.2) is 0 Å². The second-order valence-electron chi connectivity index (χ2n) is 5.84. The summed E-state index contributed by atoms with van der Waals surface area (Å²) in [7, 11) is 0. The van der Waals surface area contributed by atoms with Crippen molar-refractivity contribution in [3.05, 3.63) is 41.6 Å². The first-order valence-electron chi connectivity index (χ1n) is 7.72. The number of carbonyl (C=O) groups is 2. The summed E-state index contributed by atoms with van der Waals surface area (Å²) in [6.07, 6.45) is 6.51. The molecule has 0 fully saturated rings. The number of aryl methyl sites for hydroxylation is 1. The van der Waals surface area contributed by atoms with Crippen LogP contribution in [0, 0.1) is 5.92 Å². The monoisotopic (exact) mass is 316 g/mol. The zero-order valence-electron chi connectivity index (χ0n) is 13.0. The van der Waals surface area contributed by atoms with Crippen molar-refractivity contribution in [3.63, 3.8) is 0 Å². The van der Waals surface area contributed by atoms with Gasteiger partial charge in [-0.15, -0.1) is 0 Å². The predicted octanol–water partition coefficient (Wildman–Crippen LogP) is 1.10. The van der Waals surface area contributed by atoms with E-state index in [2.05, 4.69) is 15.7 Å². The largest absolute Gasteiger partial charge is 0.472 e. The zero-order chi connectivity index (χ0) is 16.2. The van der Waals surface area contributed by atoms with Crippen molar-refractivity contribution < 1.29 is 14.0 Å². The molecule has 0 saturated heterocycles. The third kappa shape index (κ3) is 3.61. The molecule has 0 aromatic carbocycles. The van der Waals surface area contributed by atoms with E-state index in [1.807, 2.05) is 10.7 Å². The van der Waals surface area contributed by atoms with Gasteiger partial charge in [-0.3, -0.25) is 14.3 Å². The van der Waals surface area contributed by atoms with E-state index in [0.717, 1.165) is 30.6 Å². The third-order valence-electron chi connectivity index (χ3n) is 4.10. The topological polar surface area (TPSA) is 89.2 Å². The molecule has 0 radical (unpaired) electrons. The molecule has 23 heavy (non-hydrogen) atoms. The highest BCUT2D eigenvalue weighted by Gasteiger charge is 2.25. The van der Waals surface area contributed by atoms with Crippen molar-refractivity contribution in [3.8, 4) is 0 Å². The van der Waals surface area contributed by atoms with E-state index in [1.165, 1.54) is 6.92 Å². The minimum absolute atomic E-state index is 0.0258. The summed E-state index contributed by atoms with van der Waals surface area (Å²) in [6, 6.07) is 1.82. The molecule has 7 heteroatoms. The maximum atomic E-state index is 12.4. The first kappa shape index (κ1) is 15.3. The molecule has 122 valence electrons. The average molecular weight is 316 g/mol. The molecule has 2 aromatic heterocycles. The molecule has 0 spiro atoms. The Bertz CT molecular complexity index is 690. The van der Waals surface area contributed by atoms with Gasteiger partial charge in [0.25, 0.3) is 5.91 Å². The van der Waals surface area contributed by atoms with Gasteiger partial charge in [-0.05, 0) is 24.8 Å². The summed E-state index contributed by atoms with van der Waals surface area (Å²) in [4.78, 5) is 23.4. The van der Waals surface area contributed by atoms with Crippen LogP contribution < -0.4 is 10.6 Å². The van der Waals surface area contributed by atoms with Gasteiger partial charge >= 0.3 is 0 Å². The molecular weight excluding hydrogens is 296 g/mol. The van der Waals surface area contributed by atoms with Crippen molar-refractivity contribution in [2.75, 3.05) is 6.54 Å². The number of amides is 2. The second-order valence-corrected chi connectivity index (χ2v) is 5.84. The Morgan fingerprint density at radius 2 is 2.30 bits per heavy atom. The van der Waals surface area contributed by atoms with Crippen LogP contribution in [0.25, 0.3) is 0 Å². The van der Waals surface area contributed by atoms with Crippen LogP contribution >= 0.6 is 0 Å². The number of hydrogen-bond acceptors (Lipinski definition) is 4. The Kier molecular flexibility index (Phi) is 4.45. The molecule has 1 aliphatic rings. The lowest BCUT2D eigenvalue weighted by atomic mass is 9.94. The normalized spacial score (nSPS) is 16.7. The van der Waals surface area contributed by atoms with Gasteiger partial charge in [0.05, 0.1) is 30.0 Å². The molecule has 2 N–H and O–H groups in total. The van der Waals surface area contributed by atoms with Crippen LogP contribution in [0.2, 0.25) is 0 Å². The number of rotatable bonds is 5. The van der Waals surface area contributed by atoms with Gasteiger partial charge in [-0.1, -0.05) is 0 Å². The third-order valence-corrected chi connectivity index (χ3v) is 4.10. The summed E-state index contributed by atoms with van der Waals surface area (Å²) in [5.74, 6) is 0.179. The molecular formula is C16H20N4O3. The van der Waals surface area contributed by atoms with Gasteiger partial charge in [-0.2, -0.15) is 5.10 Å². The Labute approximate surface area is 134 Å². The number of furan rings is 1. The van der Waals surface area contributed by atoms with Crippen molar-refractivity contribution in [2.45, 2.75) is 32.9 Å². The lowest BCUT2D eigenvalue weighted by molar-refractivity contribution is -0.119. The molecule has 0 bridgehead atoms. The van der Waals surface area contributed by atoms with Gasteiger partial charge < -0.3 is 15.1 Å². The summed E-state index contributed by atoms with van der Waals surface area (Å²) >= 11 is 0. The molecule has 0 aliphatic carbocycles. The highest BCUT2D eigenvalue weighted by molar-refractivity contribution is 5.95. The van der Waals surface area contributed by atoms with Crippen molar-refractivity contribution in [2.24, 2.45) is 5.92 Å². The van der Waals surface area contributed by atoms with E-state index in [4.69, 9.17) is 4.42 Å². The maximum absolute atomic E-state index is 12.4. The molecule has 3 rings (SSSR count). The number of fused-ring (bicyclic) bond motifs is 1. The molecule has 3 heterocycles. The quantitative estimate of drug-likeness (QED) is 0.864. The number of nitrogens with one attached hydrogen (secondary N) is 2. The van der Waals surface area contributed by atoms with E-state index in [-0.39, 0.29) is 11.8 Å². The predicted molar refractivity (Wildman–Crippen MR) is 82.6 cm³/mol. The van der Waals surface area contributed by atoms with E-state index < -0.39 is 0 Å². The number of hydrogen-bond donors (Lipinski definition) is 2. The number of nitrogens with zero attached hydrogens (tertiary/aromatic N) is 2. The highest BCUT2D eigenvalue weighted by Crippen LogP contribution is 2.22. The van der Waals surface area contributed by atoms with E-state index in [0.29, 0.717) is 24.6 Å². The second kappa shape index (κ2) is 6.68. The van der Waals surface area contributed by atoms with E-state index in [1.54, 1.807) is 18.7 Å². The van der Waals surface area contributed by atoms with Crippen LogP contribution in [-0.2, 0) is 24.3 Å². The molecule has 1 atom stereocenters. The van der Waals surface area contributed by atoms with Crippen LogP contribution in [0.1, 0.15) is 35.0 Å². The summed E-state index contributed by atoms with van der Waals surface area (Å²) < 4.78 is 6.87. The van der Waals surface area contributed by atoms with Gasteiger partial charge in [0, 0.05) is 32.1 Å². The van der Waals surface area contributed by atoms with E-state index in [9.17, 15) is 9.59 Å². The molecule has 2 amide bonds. The maximum Gasteiger partial charge on any atom is 0.255 e. The average Bonchev–Trinajstić information content (AvgIpc) is 3.19. The SMILES string of the molecule is CC(=O)NC[C@H]1CCn2ncc(C(=O)NCc3ccoc3)c2C1. The fraction of sp³-hybridized carbons (Fsp3) is 0.438.